The summed E-state index contributed by atoms with van der Waals surface area (Å²) < 4.78 is 1.22. The zero-order valence-electron chi connectivity index (χ0n) is 11.6. The second-order valence-corrected chi connectivity index (χ2v) is 5.94. The van der Waals surface area contributed by atoms with E-state index in [9.17, 15) is 0 Å². The van der Waals surface area contributed by atoms with Crippen molar-refractivity contribution in [1.29, 1.82) is 0 Å². The summed E-state index contributed by atoms with van der Waals surface area (Å²) in [7, 11) is 4.11. The Balaban J connectivity index is 1.74. The summed E-state index contributed by atoms with van der Waals surface area (Å²) in [6.07, 6.45) is 0. The van der Waals surface area contributed by atoms with Crippen LogP contribution < -0.4 is 10.2 Å². The highest BCUT2D eigenvalue weighted by molar-refractivity contribution is 7.22. The van der Waals surface area contributed by atoms with E-state index in [0.717, 1.165) is 17.2 Å². The lowest BCUT2D eigenvalue weighted by Crippen LogP contribution is -2.09. The van der Waals surface area contributed by atoms with Crippen molar-refractivity contribution >= 4 is 32.4 Å². The van der Waals surface area contributed by atoms with Crippen molar-refractivity contribution in [2.24, 2.45) is 0 Å². The van der Waals surface area contributed by atoms with Crippen molar-refractivity contribution in [1.82, 2.24) is 4.98 Å². The molecule has 0 aliphatic heterocycles. The maximum absolute atomic E-state index is 4.58. The van der Waals surface area contributed by atoms with Crippen LogP contribution in [0.25, 0.3) is 10.2 Å². The molecule has 0 aliphatic carbocycles. The van der Waals surface area contributed by atoms with Gasteiger partial charge in [-0.05, 0) is 29.8 Å². The highest BCUT2D eigenvalue weighted by Gasteiger charge is 2.03. The number of hydrogen-bond acceptors (Lipinski definition) is 4. The first-order valence-electron chi connectivity index (χ1n) is 6.58. The first-order valence-corrected chi connectivity index (χ1v) is 7.40. The largest absolute Gasteiger partial charge is 0.378 e. The molecule has 0 bridgehead atoms. The molecule has 0 saturated carbocycles. The minimum absolute atomic E-state index is 0.793. The molecule has 0 aliphatic rings. The van der Waals surface area contributed by atoms with Crippen LogP contribution in [0.1, 0.15) is 5.56 Å². The molecule has 3 rings (SSSR count). The number of nitrogens with one attached hydrogen (secondary N) is 1. The second kappa shape index (κ2) is 5.51. The number of fused-ring (bicyclic) bond motifs is 1. The summed E-state index contributed by atoms with van der Waals surface area (Å²) in [6, 6.07) is 16.7. The lowest BCUT2D eigenvalue weighted by molar-refractivity contribution is 1.10. The molecule has 0 amide bonds. The summed E-state index contributed by atoms with van der Waals surface area (Å²) in [6.45, 7) is 0.793. The highest BCUT2D eigenvalue weighted by atomic mass is 32.1. The van der Waals surface area contributed by atoms with Crippen molar-refractivity contribution in [2.75, 3.05) is 24.3 Å². The number of para-hydroxylation sites is 1. The van der Waals surface area contributed by atoms with Gasteiger partial charge in [-0.25, -0.2) is 4.98 Å². The summed E-state index contributed by atoms with van der Waals surface area (Å²) in [4.78, 5) is 6.69. The van der Waals surface area contributed by atoms with Gasteiger partial charge in [-0.15, -0.1) is 0 Å². The fourth-order valence-electron chi connectivity index (χ4n) is 2.07. The number of rotatable bonds is 4. The van der Waals surface area contributed by atoms with Gasteiger partial charge in [-0.2, -0.15) is 0 Å². The molecule has 2 aromatic carbocycles. The van der Waals surface area contributed by atoms with Gasteiger partial charge in [0, 0.05) is 26.3 Å². The van der Waals surface area contributed by atoms with Crippen LogP contribution in [-0.2, 0) is 6.54 Å². The maximum atomic E-state index is 4.58. The SMILES string of the molecule is CN(C)c1cccc(CNc2nc3ccccc3s2)c1. The summed E-state index contributed by atoms with van der Waals surface area (Å²) >= 11 is 1.69. The number of benzene rings is 2. The molecule has 0 radical (unpaired) electrons. The van der Waals surface area contributed by atoms with Gasteiger partial charge in [0.1, 0.15) is 0 Å². The average Bonchev–Trinajstić information content (AvgIpc) is 2.88. The van der Waals surface area contributed by atoms with Gasteiger partial charge in [0.05, 0.1) is 10.2 Å². The standard InChI is InChI=1S/C16H17N3S/c1-19(2)13-7-5-6-12(10-13)11-17-16-18-14-8-3-4-9-15(14)20-16/h3-10H,11H2,1-2H3,(H,17,18). The van der Waals surface area contributed by atoms with E-state index in [1.807, 2.05) is 18.2 Å². The summed E-state index contributed by atoms with van der Waals surface area (Å²) in [5.74, 6) is 0. The third-order valence-corrected chi connectivity index (χ3v) is 4.16. The molecule has 0 unspecified atom stereocenters. The fourth-order valence-corrected chi connectivity index (χ4v) is 2.93. The van der Waals surface area contributed by atoms with Crippen molar-refractivity contribution in [3.8, 4) is 0 Å². The smallest absolute Gasteiger partial charge is 0.184 e. The second-order valence-electron chi connectivity index (χ2n) is 4.90. The van der Waals surface area contributed by atoms with E-state index in [0.29, 0.717) is 0 Å². The van der Waals surface area contributed by atoms with Crippen molar-refractivity contribution in [2.45, 2.75) is 6.54 Å². The molecular formula is C16H17N3S. The molecule has 102 valence electrons. The number of aromatic nitrogens is 1. The highest BCUT2D eigenvalue weighted by Crippen LogP contribution is 2.26. The minimum atomic E-state index is 0.793. The van der Waals surface area contributed by atoms with Crippen LogP contribution >= 0.6 is 11.3 Å². The number of anilines is 2. The fraction of sp³-hybridized carbons (Fsp3) is 0.188. The van der Waals surface area contributed by atoms with Gasteiger partial charge in [0.15, 0.2) is 5.13 Å². The Bertz CT molecular complexity index is 685. The number of nitrogens with zero attached hydrogens (tertiary/aromatic N) is 2. The van der Waals surface area contributed by atoms with Gasteiger partial charge < -0.3 is 10.2 Å². The van der Waals surface area contributed by atoms with Crippen molar-refractivity contribution in [3.05, 3.63) is 54.1 Å². The molecule has 0 atom stereocenters. The summed E-state index contributed by atoms with van der Waals surface area (Å²) in [5.41, 5.74) is 3.53. The van der Waals surface area contributed by atoms with Gasteiger partial charge in [-0.1, -0.05) is 35.6 Å². The van der Waals surface area contributed by atoms with Gasteiger partial charge in [0.2, 0.25) is 0 Å². The molecule has 0 spiro atoms. The molecule has 0 fully saturated rings. The molecule has 3 aromatic rings. The van der Waals surface area contributed by atoms with E-state index in [4.69, 9.17) is 0 Å². The third kappa shape index (κ3) is 2.75. The molecule has 1 N–H and O–H groups in total. The van der Waals surface area contributed by atoms with Gasteiger partial charge >= 0.3 is 0 Å². The molecule has 0 saturated heterocycles. The Morgan fingerprint density at radius 2 is 1.95 bits per heavy atom. The van der Waals surface area contributed by atoms with Gasteiger partial charge in [-0.3, -0.25) is 0 Å². The van der Waals surface area contributed by atoms with E-state index in [-0.39, 0.29) is 0 Å². The lowest BCUT2D eigenvalue weighted by atomic mass is 10.2. The topological polar surface area (TPSA) is 28.2 Å². The quantitative estimate of drug-likeness (QED) is 0.785. The predicted molar refractivity (Wildman–Crippen MR) is 87.7 cm³/mol. The Morgan fingerprint density at radius 1 is 1.10 bits per heavy atom. The van der Waals surface area contributed by atoms with Crippen LogP contribution in [-0.4, -0.2) is 19.1 Å². The van der Waals surface area contributed by atoms with Crippen LogP contribution in [0.2, 0.25) is 0 Å². The molecular weight excluding hydrogens is 266 g/mol. The van der Waals surface area contributed by atoms with Crippen LogP contribution in [0.15, 0.2) is 48.5 Å². The van der Waals surface area contributed by atoms with Crippen LogP contribution in [0.4, 0.5) is 10.8 Å². The van der Waals surface area contributed by atoms with E-state index in [2.05, 4.69) is 59.6 Å². The maximum Gasteiger partial charge on any atom is 0.184 e. The molecule has 3 nitrogen and oxygen atoms in total. The normalized spacial score (nSPS) is 10.7. The monoisotopic (exact) mass is 283 g/mol. The van der Waals surface area contributed by atoms with Crippen LogP contribution in [0, 0.1) is 0 Å². The molecule has 1 heterocycles. The Labute approximate surface area is 122 Å². The van der Waals surface area contributed by atoms with Crippen molar-refractivity contribution < 1.29 is 0 Å². The Morgan fingerprint density at radius 3 is 2.75 bits per heavy atom. The molecule has 20 heavy (non-hydrogen) atoms. The van der Waals surface area contributed by atoms with E-state index in [1.165, 1.54) is 16.0 Å². The predicted octanol–water partition coefficient (Wildman–Crippen LogP) is 3.97. The van der Waals surface area contributed by atoms with E-state index in [1.54, 1.807) is 11.3 Å². The number of hydrogen-bond donors (Lipinski definition) is 1. The molecule has 1 aromatic heterocycles. The van der Waals surface area contributed by atoms with Crippen molar-refractivity contribution in [3.63, 3.8) is 0 Å². The zero-order valence-corrected chi connectivity index (χ0v) is 12.4. The van der Waals surface area contributed by atoms with E-state index < -0.39 is 0 Å². The van der Waals surface area contributed by atoms with Crippen LogP contribution in [0.5, 0.6) is 0 Å². The average molecular weight is 283 g/mol. The minimum Gasteiger partial charge on any atom is -0.378 e. The van der Waals surface area contributed by atoms with Crippen LogP contribution in [0.3, 0.4) is 0 Å². The Hall–Kier alpha value is -2.07. The first kappa shape index (κ1) is 12.9. The lowest BCUT2D eigenvalue weighted by Gasteiger charge is -2.13. The zero-order chi connectivity index (χ0) is 13.9. The van der Waals surface area contributed by atoms with Gasteiger partial charge in [0.25, 0.3) is 0 Å². The third-order valence-electron chi connectivity index (χ3n) is 3.16. The molecule has 4 heteroatoms. The number of thiazole rings is 1. The first-order chi connectivity index (χ1) is 9.72. The van der Waals surface area contributed by atoms with E-state index >= 15 is 0 Å². The Kier molecular flexibility index (Phi) is 3.56. The summed E-state index contributed by atoms with van der Waals surface area (Å²) in [5, 5.41) is 4.38.